The van der Waals surface area contributed by atoms with Crippen molar-refractivity contribution in [1.82, 2.24) is 15.4 Å². The van der Waals surface area contributed by atoms with E-state index in [1.54, 1.807) is 29.9 Å². The Hall–Kier alpha value is -3.72. The third-order valence-corrected chi connectivity index (χ3v) is 7.52. The fraction of sp³-hybridized carbons (Fsp3) is 0.379. The Morgan fingerprint density at radius 3 is 2.55 bits per heavy atom. The van der Waals surface area contributed by atoms with Crippen molar-refractivity contribution >= 4 is 16.8 Å². The number of carbonyl (C=O) groups excluding carboxylic acids is 1. The van der Waals surface area contributed by atoms with Gasteiger partial charge in [-0.05, 0) is 61.6 Å². The third kappa shape index (κ3) is 6.20. The lowest BCUT2D eigenvalue weighted by atomic mass is 9.73. The van der Waals surface area contributed by atoms with Gasteiger partial charge in [-0.25, -0.2) is 23.0 Å². The molecule has 1 fully saturated rings. The number of rotatable bonds is 8. The van der Waals surface area contributed by atoms with E-state index in [1.165, 1.54) is 7.11 Å². The minimum atomic E-state index is -1.55. The van der Waals surface area contributed by atoms with E-state index in [4.69, 9.17) is 10.5 Å². The summed E-state index contributed by atoms with van der Waals surface area (Å²) in [6, 6.07) is 6.85. The molecule has 2 aromatic carbocycles. The van der Waals surface area contributed by atoms with Gasteiger partial charge in [0.2, 0.25) is 5.91 Å². The summed E-state index contributed by atoms with van der Waals surface area (Å²) in [6.07, 6.45) is 0.968. The first-order valence-electron chi connectivity index (χ1n) is 12.8. The second-order valence-corrected chi connectivity index (χ2v) is 9.84. The number of nitrogens with two attached hydrogens (primary N) is 1. The highest BCUT2D eigenvalue weighted by molar-refractivity contribution is 5.85. The number of halogens is 4. The number of aromatic nitrogens is 1. The smallest absolute Gasteiger partial charge is 0.249 e. The SMILES string of the molecule is COc1ccc2ncc(CN)c([C@H](F)CCC3(C(=O)NO)CCN(CC#Cc4cc(F)c(F)c(F)c4)CC3)c2c1. The van der Waals surface area contributed by atoms with Crippen molar-refractivity contribution < 1.29 is 32.3 Å². The molecule has 1 saturated heterocycles. The number of benzene rings is 2. The zero-order valence-electron chi connectivity index (χ0n) is 21.9. The molecular formula is C29H30F4N4O3. The number of alkyl halides is 1. The molecule has 7 nitrogen and oxygen atoms in total. The first-order valence-corrected chi connectivity index (χ1v) is 12.8. The molecule has 212 valence electrons. The first kappa shape index (κ1) is 29.3. The van der Waals surface area contributed by atoms with Gasteiger partial charge in [-0.15, -0.1) is 0 Å². The minimum Gasteiger partial charge on any atom is -0.497 e. The zero-order chi connectivity index (χ0) is 28.9. The van der Waals surface area contributed by atoms with Gasteiger partial charge in [0, 0.05) is 42.3 Å². The number of hydrogen-bond donors (Lipinski definition) is 3. The van der Waals surface area contributed by atoms with Crippen LogP contribution in [0.2, 0.25) is 0 Å². The van der Waals surface area contributed by atoms with Gasteiger partial charge in [0.1, 0.15) is 11.9 Å². The van der Waals surface area contributed by atoms with Crippen molar-refractivity contribution in [3.8, 4) is 17.6 Å². The molecule has 0 aliphatic carbocycles. The molecule has 2 heterocycles. The molecule has 0 bridgehead atoms. The number of nitrogens with zero attached hydrogens (tertiary/aromatic N) is 2. The molecule has 3 aromatic rings. The van der Waals surface area contributed by atoms with Crippen LogP contribution in [0.1, 0.15) is 48.5 Å². The number of piperidine rings is 1. The van der Waals surface area contributed by atoms with Gasteiger partial charge in [0.25, 0.3) is 0 Å². The molecule has 0 radical (unpaired) electrons. The average Bonchev–Trinajstić information content (AvgIpc) is 2.97. The van der Waals surface area contributed by atoms with Crippen molar-refractivity contribution in [2.24, 2.45) is 11.1 Å². The summed E-state index contributed by atoms with van der Waals surface area (Å²) in [6.45, 7) is 1.18. The number of carbonyl (C=O) groups is 1. The van der Waals surface area contributed by atoms with Crippen LogP contribution in [0.3, 0.4) is 0 Å². The quantitative estimate of drug-likeness (QED) is 0.123. The van der Waals surface area contributed by atoms with Crippen LogP contribution in [-0.2, 0) is 11.3 Å². The van der Waals surface area contributed by atoms with Gasteiger partial charge in [-0.3, -0.25) is 19.9 Å². The third-order valence-electron chi connectivity index (χ3n) is 7.52. The number of nitrogens with one attached hydrogen (secondary N) is 1. The lowest BCUT2D eigenvalue weighted by Gasteiger charge is -2.40. The monoisotopic (exact) mass is 558 g/mol. The maximum Gasteiger partial charge on any atom is 0.249 e. The van der Waals surface area contributed by atoms with Crippen molar-refractivity contribution in [1.29, 1.82) is 0 Å². The first-order chi connectivity index (χ1) is 19.2. The second-order valence-electron chi connectivity index (χ2n) is 9.84. The highest BCUT2D eigenvalue weighted by Crippen LogP contribution is 2.41. The normalized spacial score (nSPS) is 15.8. The fourth-order valence-corrected chi connectivity index (χ4v) is 5.17. The van der Waals surface area contributed by atoms with Crippen molar-refractivity contribution in [2.45, 2.75) is 38.4 Å². The lowest BCUT2D eigenvalue weighted by molar-refractivity contribution is -0.143. The van der Waals surface area contributed by atoms with Gasteiger partial charge >= 0.3 is 0 Å². The Morgan fingerprint density at radius 2 is 1.93 bits per heavy atom. The molecule has 1 aromatic heterocycles. The van der Waals surface area contributed by atoms with Crippen LogP contribution in [0, 0.1) is 34.7 Å². The summed E-state index contributed by atoms with van der Waals surface area (Å²) in [4.78, 5) is 19.1. The number of methoxy groups -OCH3 is 1. The Kier molecular flexibility index (Phi) is 9.25. The number of amides is 1. The summed E-state index contributed by atoms with van der Waals surface area (Å²) < 4.78 is 61.2. The summed E-state index contributed by atoms with van der Waals surface area (Å²) in [5.41, 5.74) is 8.21. The zero-order valence-corrected chi connectivity index (χ0v) is 21.9. The van der Waals surface area contributed by atoms with Gasteiger partial charge in [-0.1, -0.05) is 11.8 Å². The van der Waals surface area contributed by atoms with Gasteiger partial charge in [-0.2, -0.15) is 0 Å². The van der Waals surface area contributed by atoms with E-state index in [0.717, 1.165) is 12.1 Å². The van der Waals surface area contributed by atoms with Crippen LogP contribution in [-0.4, -0.2) is 47.7 Å². The average molecular weight is 559 g/mol. The van der Waals surface area contributed by atoms with Crippen LogP contribution in [0.4, 0.5) is 17.6 Å². The van der Waals surface area contributed by atoms with E-state index in [1.807, 2.05) is 4.90 Å². The molecule has 0 spiro atoms. The molecule has 1 aliphatic rings. The maximum atomic E-state index is 15.9. The molecule has 1 atom stereocenters. The largest absolute Gasteiger partial charge is 0.497 e. The molecule has 1 aliphatic heterocycles. The molecule has 4 N–H and O–H groups in total. The van der Waals surface area contributed by atoms with E-state index >= 15 is 4.39 Å². The molecule has 0 unspecified atom stereocenters. The lowest BCUT2D eigenvalue weighted by Crippen LogP contribution is -2.48. The van der Waals surface area contributed by atoms with E-state index in [0.29, 0.717) is 53.7 Å². The fourth-order valence-electron chi connectivity index (χ4n) is 5.17. The van der Waals surface area contributed by atoms with Gasteiger partial charge in [0.15, 0.2) is 17.5 Å². The topological polar surface area (TPSA) is 101 Å². The number of hydroxylamine groups is 1. The van der Waals surface area contributed by atoms with Crippen molar-refractivity contribution in [2.75, 3.05) is 26.7 Å². The standard InChI is InChI=1S/C29H30F4N4O3/c1-40-20-4-5-25-21(15-20)26(19(16-34)17-35-25)22(30)6-7-29(28(38)36-39)8-11-37(12-9-29)10-2-3-18-13-23(31)27(33)24(32)14-18/h4-5,13-15,17,22,39H,6-12,16,34H2,1H3,(H,36,38)/t22-/m1/s1. The Balaban J connectivity index is 1.46. The maximum absolute atomic E-state index is 15.9. The van der Waals surface area contributed by atoms with Gasteiger partial charge < -0.3 is 10.5 Å². The molecule has 11 heteroatoms. The Labute approximate surface area is 229 Å². The van der Waals surface area contributed by atoms with Crippen LogP contribution in [0.5, 0.6) is 5.75 Å². The van der Waals surface area contributed by atoms with Crippen molar-refractivity contribution in [3.63, 3.8) is 0 Å². The summed E-state index contributed by atoms with van der Waals surface area (Å²) in [5.74, 6) is 1.22. The number of ether oxygens (including phenoxy) is 1. The van der Waals surface area contributed by atoms with E-state index < -0.39 is 34.9 Å². The Bertz CT molecular complexity index is 1420. The van der Waals surface area contributed by atoms with Crippen LogP contribution in [0.15, 0.2) is 36.5 Å². The summed E-state index contributed by atoms with van der Waals surface area (Å²) in [7, 11) is 1.52. The molecule has 40 heavy (non-hydrogen) atoms. The predicted octanol–water partition coefficient (Wildman–Crippen LogP) is 4.55. The molecule has 4 rings (SSSR count). The predicted molar refractivity (Wildman–Crippen MR) is 140 cm³/mol. The highest BCUT2D eigenvalue weighted by atomic mass is 19.2. The molecule has 0 saturated carbocycles. The van der Waals surface area contributed by atoms with Crippen molar-refractivity contribution in [3.05, 3.63) is 70.7 Å². The Morgan fingerprint density at radius 1 is 1.23 bits per heavy atom. The number of likely N-dealkylation sites (tertiary alicyclic amines) is 1. The van der Waals surface area contributed by atoms with Gasteiger partial charge in [0.05, 0.1) is 24.6 Å². The molecule has 1 amide bonds. The number of pyridine rings is 1. The minimum absolute atomic E-state index is 0.00880. The van der Waals surface area contributed by atoms with Crippen LogP contribution >= 0.6 is 0 Å². The van der Waals surface area contributed by atoms with Crippen LogP contribution in [0.25, 0.3) is 10.9 Å². The number of hydrogen-bond acceptors (Lipinski definition) is 6. The highest BCUT2D eigenvalue weighted by Gasteiger charge is 2.41. The van der Waals surface area contributed by atoms with E-state index in [-0.39, 0.29) is 31.5 Å². The second kappa shape index (κ2) is 12.6. The van der Waals surface area contributed by atoms with E-state index in [9.17, 15) is 23.2 Å². The van der Waals surface area contributed by atoms with Crippen LogP contribution < -0.4 is 16.0 Å². The molecular weight excluding hydrogens is 528 g/mol. The summed E-state index contributed by atoms with van der Waals surface area (Å²) >= 11 is 0. The summed E-state index contributed by atoms with van der Waals surface area (Å²) in [5, 5.41) is 10.0. The number of fused-ring (bicyclic) bond motifs is 1. The van der Waals surface area contributed by atoms with E-state index in [2.05, 4.69) is 16.8 Å².